The number of aromatic nitrogens is 2. The lowest BCUT2D eigenvalue weighted by atomic mass is 10.4. The molecule has 2 aromatic heterocycles. The van der Waals surface area contributed by atoms with Crippen LogP contribution in [0.25, 0.3) is 4.96 Å². The number of imidazole rings is 1. The van der Waals surface area contributed by atoms with Crippen LogP contribution in [0.2, 0.25) is 0 Å². The van der Waals surface area contributed by atoms with Crippen molar-refractivity contribution in [2.24, 2.45) is 5.92 Å². The number of hydrogen-bond donors (Lipinski definition) is 2. The highest BCUT2D eigenvalue weighted by Crippen LogP contribution is 2.29. The predicted molar refractivity (Wildman–Crippen MR) is 65.4 cm³/mol. The van der Waals surface area contributed by atoms with E-state index in [0.29, 0.717) is 17.4 Å². The number of nitrogens with one attached hydrogen (secondary N) is 1. The number of sulfonamides is 1. The van der Waals surface area contributed by atoms with Gasteiger partial charge in [0.25, 0.3) is 10.0 Å². The Bertz CT molecular complexity index is 654. The Morgan fingerprint density at radius 1 is 1.59 bits per heavy atom. The van der Waals surface area contributed by atoms with Crippen LogP contribution in [0.15, 0.2) is 16.6 Å². The minimum Gasteiger partial charge on any atom is -0.381 e. The lowest BCUT2D eigenvalue weighted by molar-refractivity contribution is 0.573. The number of hydrogen-bond acceptors (Lipinski definition) is 5. The summed E-state index contributed by atoms with van der Waals surface area (Å²) in [6.07, 6.45) is 3.85. The molecule has 0 unspecified atom stereocenters. The molecule has 2 heterocycles. The minimum atomic E-state index is -3.57. The molecule has 0 bridgehead atoms. The molecule has 8 heteroatoms. The van der Waals surface area contributed by atoms with E-state index in [4.69, 9.17) is 5.73 Å². The first kappa shape index (κ1) is 11.0. The minimum absolute atomic E-state index is 0.0504. The summed E-state index contributed by atoms with van der Waals surface area (Å²) in [5, 5.41) is 1.83. The number of nitrogens with two attached hydrogens (primary N) is 1. The molecular weight excluding hydrogens is 260 g/mol. The molecule has 0 aromatic carbocycles. The van der Waals surface area contributed by atoms with E-state index in [1.54, 1.807) is 11.6 Å². The van der Waals surface area contributed by atoms with Crippen LogP contribution >= 0.6 is 11.3 Å². The molecule has 6 nitrogen and oxygen atoms in total. The van der Waals surface area contributed by atoms with Crippen molar-refractivity contribution < 1.29 is 8.42 Å². The Morgan fingerprint density at radius 3 is 3.06 bits per heavy atom. The first-order valence-corrected chi connectivity index (χ1v) is 7.65. The topological polar surface area (TPSA) is 89.5 Å². The van der Waals surface area contributed by atoms with E-state index in [1.165, 1.54) is 15.7 Å². The summed E-state index contributed by atoms with van der Waals surface area (Å²) in [5.41, 5.74) is 5.66. The predicted octanol–water partition coefficient (Wildman–Crippen LogP) is 0.666. The maximum absolute atomic E-state index is 12.1. The number of rotatable bonds is 4. The van der Waals surface area contributed by atoms with Gasteiger partial charge in [0, 0.05) is 18.1 Å². The second kappa shape index (κ2) is 3.69. The molecule has 0 radical (unpaired) electrons. The highest BCUT2D eigenvalue weighted by Gasteiger charge is 2.28. The number of anilines is 1. The number of thiazole rings is 1. The number of nitrogens with zero attached hydrogens (tertiary/aromatic N) is 2. The van der Waals surface area contributed by atoms with Crippen molar-refractivity contribution >= 4 is 32.1 Å². The summed E-state index contributed by atoms with van der Waals surface area (Å²) < 4.78 is 28.3. The molecule has 0 aliphatic heterocycles. The highest BCUT2D eigenvalue weighted by molar-refractivity contribution is 7.89. The molecule has 1 fully saturated rings. The van der Waals surface area contributed by atoms with Crippen LogP contribution in [-0.2, 0) is 10.0 Å². The Hall–Kier alpha value is -1.12. The number of nitrogen functional groups attached to an aromatic ring is 1. The second-order valence-electron chi connectivity index (χ2n) is 4.15. The molecule has 1 aliphatic carbocycles. The molecule has 1 aliphatic rings. The van der Waals surface area contributed by atoms with Crippen LogP contribution in [0, 0.1) is 5.92 Å². The van der Waals surface area contributed by atoms with Crippen molar-refractivity contribution in [2.75, 3.05) is 12.3 Å². The highest BCUT2D eigenvalue weighted by atomic mass is 32.2. The SMILES string of the molecule is Nc1nc2sccn2c1S(=O)(=O)NCC1CC1. The quantitative estimate of drug-likeness (QED) is 0.856. The van der Waals surface area contributed by atoms with Gasteiger partial charge in [-0.3, -0.25) is 4.40 Å². The van der Waals surface area contributed by atoms with Gasteiger partial charge in [-0.1, -0.05) is 0 Å². The largest absolute Gasteiger partial charge is 0.381 e. The van der Waals surface area contributed by atoms with E-state index in [1.807, 2.05) is 0 Å². The van der Waals surface area contributed by atoms with E-state index in [-0.39, 0.29) is 10.8 Å². The third kappa shape index (κ3) is 1.92. The normalized spacial score (nSPS) is 16.7. The third-order valence-electron chi connectivity index (χ3n) is 2.76. The van der Waals surface area contributed by atoms with Gasteiger partial charge in [0.15, 0.2) is 15.8 Å². The van der Waals surface area contributed by atoms with Crippen molar-refractivity contribution in [1.29, 1.82) is 0 Å². The molecule has 0 amide bonds. The van der Waals surface area contributed by atoms with Crippen molar-refractivity contribution in [3.63, 3.8) is 0 Å². The van der Waals surface area contributed by atoms with Crippen LogP contribution in [0.3, 0.4) is 0 Å². The first-order chi connectivity index (χ1) is 8.08. The van der Waals surface area contributed by atoms with Gasteiger partial charge in [0.05, 0.1) is 0 Å². The molecule has 0 saturated heterocycles. The van der Waals surface area contributed by atoms with Crippen LogP contribution in [0.1, 0.15) is 12.8 Å². The maximum Gasteiger partial charge on any atom is 0.260 e. The fraction of sp³-hybridized carbons (Fsp3) is 0.444. The van der Waals surface area contributed by atoms with Crippen molar-refractivity contribution in [1.82, 2.24) is 14.1 Å². The van der Waals surface area contributed by atoms with Gasteiger partial charge in [0.1, 0.15) is 0 Å². The summed E-state index contributed by atoms with van der Waals surface area (Å²) in [4.78, 5) is 4.61. The van der Waals surface area contributed by atoms with Crippen molar-refractivity contribution in [2.45, 2.75) is 17.9 Å². The lowest BCUT2D eigenvalue weighted by Crippen LogP contribution is -2.27. The molecule has 92 valence electrons. The van der Waals surface area contributed by atoms with Gasteiger partial charge in [0.2, 0.25) is 0 Å². The molecule has 3 N–H and O–H groups in total. The Morgan fingerprint density at radius 2 is 2.35 bits per heavy atom. The molecule has 3 rings (SSSR count). The molecule has 17 heavy (non-hydrogen) atoms. The number of fused-ring (bicyclic) bond motifs is 1. The van der Waals surface area contributed by atoms with E-state index in [9.17, 15) is 8.42 Å². The molecule has 0 spiro atoms. The van der Waals surface area contributed by atoms with Gasteiger partial charge >= 0.3 is 0 Å². The summed E-state index contributed by atoms with van der Waals surface area (Å²) in [5.74, 6) is 0.539. The molecule has 2 aromatic rings. The van der Waals surface area contributed by atoms with E-state index >= 15 is 0 Å². The monoisotopic (exact) mass is 272 g/mol. The van der Waals surface area contributed by atoms with Gasteiger partial charge in [-0.2, -0.15) is 0 Å². The average Bonchev–Trinajstić information content (AvgIpc) is 2.89. The van der Waals surface area contributed by atoms with E-state index in [0.717, 1.165) is 12.8 Å². The molecule has 0 atom stereocenters. The lowest BCUT2D eigenvalue weighted by Gasteiger charge is -2.05. The second-order valence-corrected chi connectivity index (χ2v) is 6.71. The van der Waals surface area contributed by atoms with Crippen LogP contribution in [0.4, 0.5) is 5.82 Å². The summed E-state index contributed by atoms with van der Waals surface area (Å²) in [7, 11) is -3.57. The van der Waals surface area contributed by atoms with E-state index in [2.05, 4.69) is 9.71 Å². The van der Waals surface area contributed by atoms with Gasteiger partial charge in [-0.25, -0.2) is 18.1 Å². The zero-order chi connectivity index (χ0) is 12.0. The smallest absolute Gasteiger partial charge is 0.260 e. The first-order valence-electron chi connectivity index (χ1n) is 5.28. The zero-order valence-corrected chi connectivity index (χ0v) is 10.6. The van der Waals surface area contributed by atoms with Crippen LogP contribution < -0.4 is 10.5 Å². The van der Waals surface area contributed by atoms with Gasteiger partial charge < -0.3 is 5.73 Å². The third-order valence-corrected chi connectivity index (χ3v) is 4.98. The fourth-order valence-electron chi connectivity index (χ4n) is 1.67. The van der Waals surface area contributed by atoms with Crippen LogP contribution in [-0.4, -0.2) is 24.3 Å². The molecular formula is C9H12N4O2S2. The molecule has 1 saturated carbocycles. The summed E-state index contributed by atoms with van der Waals surface area (Å²) >= 11 is 1.35. The maximum atomic E-state index is 12.1. The average molecular weight is 272 g/mol. The van der Waals surface area contributed by atoms with Crippen molar-refractivity contribution in [3.05, 3.63) is 11.6 Å². The zero-order valence-electron chi connectivity index (χ0n) is 8.96. The van der Waals surface area contributed by atoms with Crippen LogP contribution in [0.5, 0.6) is 0 Å². The Balaban J connectivity index is 2.00. The van der Waals surface area contributed by atoms with Crippen molar-refractivity contribution in [3.8, 4) is 0 Å². The Kier molecular flexibility index (Phi) is 2.39. The Labute approximate surface area is 103 Å². The standard InChI is InChI=1S/C9H12N4O2S2/c10-7-8(13-3-4-16-9(13)12-7)17(14,15)11-5-6-1-2-6/h3-4,6,11H,1-2,5,10H2. The van der Waals surface area contributed by atoms with E-state index < -0.39 is 10.0 Å². The summed E-state index contributed by atoms with van der Waals surface area (Å²) in [6, 6.07) is 0. The fourth-order valence-corrected chi connectivity index (χ4v) is 3.76. The van der Waals surface area contributed by atoms with Gasteiger partial charge in [-0.15, -0.1) is 11.3 Å². The summed E-state index contributed by atoms with van der Waals surface area (Å²) in [6.45, 7) is 0.485. The van der Waals surface area contributed by atoms with Gasteiger partial charge in [-0.05, 0) is 18.8 Å².